The number of aryl methyl sites for hydroxylation is 1. The molecule has 140 valence electrons. The van der Waals surface area contributed by atoms with E-state index in [-0.39, 0.29) is 11.3 Å². The molecule has 1 N–H and O–H groups in total. The number of halogens is 3. The van der Waals surface area contributed by atoms with Crippen LogP contribution in [-0.2, 0) is 0 Å². The van der Waals surface area contributed by atoms with Crippen LogP contribution in [0.4, 0.5) is 13.2 Å². The monoisotopic (exact) mass is 375 g/mol. The lowest BCUT2D eigenvalue weighted by Crippen LogP contribution is -2.47. The third-order valence-corrected chi connectivity index (χ3v) is 4.57. The minimum Gasteiger partial charge on any atom is -0.339 e. The molecule has 1 saturated carbocycles. The molecule has 0 bridgehead atoms. The number of hydrogen-bond donors (Lipinski definition) is 1. The van der Waals surface area contributed by atoms with Crippen molar-refractivity contribution >= 4 is 11.6 Å². The molecule has 0 radical (unpaired) electrons. The van der Waals surface area contributed by atoms with Gasteiger partial charge in [-0.2, -0.15) is 13.2 Å². The summed E-state index contributed by atoms with van der Waals surface area (Å²) in [6.45, 7) is 1.80. The van der Waals surface area contributed by atoms with Gasteiger partial charge in [0.2, 0.25) is 0 Å². The van der Waals surface area contributed by atoms with Crippen LogP contribution in [0.3, 0.4) is 0 Å². The molecular weight excluding hydrogens is 359 g/mol. The molecule has 1 fully saturated rings. The van der Waals surface area contributed by atoms with E-state index >= 15 is 0 Å². The summed E-state index contributed by atoms with van der Waals surface area (Å²) in [5.74, 6) is -1.45. The fraction of sp³-hybridized carbons (Fsp3) is 0.333. The van der Waals surface area contributed by atoms with Gasteiger partial charge in [0.25, 0.3) is 5.91 Å². The van der Waals surface area contributed by atoms with Crippen molar-refractivity contribution in [2.24, 2.45) is 5.92 Å². The molecule has 9 heteroatoms. The Kier molecular flexibility index (Phi) is 4.09. The highest BCUT2D eigenvalue weighted by molar-refractivity contribution is 5.98. The van der Waals surface area contributed by atoms with Gasteiger partial charge >= 0.3 is 6.18 Å². The maximum absolute atomic E-state index is 13.2. The molecule has 1 aliphatic carbocycles. The molecule has 3 heterocycles. The first-order valence-corrected chi connectivity index (χ1v) is 8.48. The molecule has 1 unspecified atom stereocenters. The zero-order valence-electron chi connectivity index (χ0n) is 14.4. The number of pyridine rings is 1. The second-order valence-electron chi connectivity index (χ2n) is 6.61. The zero-order chi connectivity index (χ0) is 19.2. The second-order valence-corrected chi connectivity index (χ2v) is 6.61. The summed E-state index contributed by atoms with van der Waals surface area (Å²) in [5.41, 5.74) is 1.92. The van der Waals surface area contributed by atoms with Crippen molar-refractivity contribution in [3.05, 3.63) is 48.2 Å². The summed E-state index contributed by atoms with van der Waals surface area (Å²) >= 11 is 0. The van der Waals surface area contributed by atoms with Gasteiger partial charge in [0, 0.05) is 11.9 Å². The van der Waals surface area contributed by atoms with E-state index in [1.807, 2.05) is 0 Å². The van der Waals surface area contributed by atoms with Crippen molar-refractivity contribution in [3.63, 3.8) is 0 Å². The number of hydrogen-bond acceptors (Lipinski definition) is 4. The molecule has 3 aromatic heterocycles. The van der Waals surface area contributed by atoms with E-state index in [9.17, 15) is 18.0 Å². The van der Waals surface area contributed by atoms with Crippen LogP contribution in [0.5, 0.6) is 0 Å². The molecule has 1 atom stereocenters. The van der Waals surface area contributed by atoms with Gasteiger partial charge in [0.05, 0.1) is 11.4 Å². The van der Waals surface area contributed by atoms with E-state index in [0.717, 1.165) is 5.69 Å². The van der Waals surface area contributed by atoms with Gasteiger partial charge in [-0.05, 0) is 43.9 Å². The highest BCUT2D eigenvalue weighted by atomic mass is 19.4. The lowest BCUT2D eigenvalue weighted by Gasteiger charge is -2.20. The van der Waals surface area contributed by atoms with Gasteiger partial charge in [-0.1, -0.05) is 6.07 Å². The maximum Gasteiger partial charge on any atom is 0.408 e. The summed E-state index contributed by atoms with van der Waals surface area (Å²) < 4.78 is 41.2. The summed E-state index contributed by atoms with van der Waals surface area (Å²) in [6, 6.07) is 5.25. The number of nitrogens with one attached hydrogen (secondary N) is 1. The van der Waals surface area contributed by atoms with Crippen molar-refractivity contribution < 1.29 is 18.0 Å². The summed E-state index contributed by atoms with van der Waals surface area (Å²) in [7, 11) is 0. The Balaban J connectivity index is 1.71. The van der Waals surface area contributed by atoms with Gasteiger partial charge in [0.1, 0.15) is 12.4 Å². The van der Waals surface area contributed by atoms with Crippen LogP contribution in [0, 0.1) is 12.8 Å². The van der Waals surface area contributed by atoms with Gasteiger partial charge in [-0.3, -0.25) is 14.2 Å². The molecule has 3 aromatic rings. The maximum atomic E-state index is 13.2. The molecule has 0 saturated heterocycles. The van der Waals surface area contributed by atoms with Crippen molar-refractivity contribution in [2.45, 2.75) is 32.0 Å². The number of imidazole rings is 1. The number of alkyl halides is 3. The van der Waals surface area contributed by atoms with E-state index < -0.39 is 24.0 Å². The Morgan fingerprint density at radius 2 is 2.04 bits per heavy atom. The van der Waals surface area contributed by atoms with Crippen LogP contribution >= 0.6 is 0 Å². The van der Waals surface area contributed by atoms with Crippen LogP contribution in [0.2, 0.25) is 0 Å². The minimum atomic E-state index is -4.49. The Bertz CT molecular complexity index is 995. The highest BCUT2D eigenvalue weighted by Gasteiger charge is 2.50. The van der Waals surface area contributed by atoms with Crippen molar-refractivity contribution in [1.29, 1.82) is 0 Å². The van der Waals surface area contributed by atoms with Crippen LogP contribution in [0.25, 0.3) is 17.0 Å². The van der Waals surface area contributed by atoms with E-state index in [0.29, 0.717) is 24.2 Å². The SMILES string of the molecule is Cc1cc(-c2ccccn2)nc2c(C(=O)NC(C3CC3)C(F)(F)F)ncn12. The molecule has 6 nitrogen and oxygen atoms in total. The minimum absolute atomic E-state index is 0.134. The van der Waals surface area contributed by atoms with Gasteiger partial charge in [-0.15, -0.1) is 0 Å². The number of carbonyl (C=O) groups is 1. The Morgan fingerprint density at radius 1 is 1.26 bits per heavy atom. The van der Waals surface area contributed by atoms with Crippen molar-refractivity contribution in [2.75, 3.05) is 0 Å². The number of carbonyl (C=O) groups excluding carboxylic acids is 1. The number of nitrogens with zero attached hydrogens (tertiary/aromatic N) is 4. The van der Waals surface area contributed by atoms with Gasteiger partial charge < -0.3 is 5.32 Å². The average Bonchev–Trinajstić information content (AvgIpc) is 3.37. The van der Waals surface area contributed by atoms with Crippen molar-refractivity contribution in [1.82, 2.24) is 24.7 Å². The standard InChI is InChI=1S/C18H16F3N5O/c1-10-8-13(12-4-2-3-7-22-12)24-16-14(23-9-26(10)16)17(27)25-15(11-5-6-11)18(19,20)21/h2-4,7-9,11,15H,5-6H2,1H3,(H,25,27). The Morgan fingerprint density at radius 3 is 2.67 bits per heavy atom. The number of amides is 1. The molecule has 27 heavy (non-hydrogen) atoms. The largest absolute Gasteiger partial charge is 0.408 e. The molecule has 1 aliphatic rings. The number of fused-ring (bicyclic) bond motifs is 1. The van der Waals surface area contributed by atoms with Crippen LogP contribution < -0.4 is 5.32 Å². The topological polar surface area (TPSA) is 72.2 Å². The normalized spacial score (nSPS) is 15.7. The molecule has 0 spiro atoms. The summed E-state index contributed by atoms with van der Waals surface area (Å²) in [5, 5.41) is 2.10. The first-order valence-electron chi connectivity index (χ1n) is 8.48. The fourth-order valence-corrected chi connectivity index (χ4v) is 3.03. The second kappa shape index (κ2) is 6.33. The highest BCUT2D eigenvalue weighted by Crippen LogP contribution is 2.40. The molecule has 1 amide bonds. The van der Waals surface area contributed by atoms with E-state index in [4.69, 9.17) is 0 Å². The summed E-state index contributed by atoms with van der Waals surface area (Å²) in [4.78, 5) is 25.2. The van der Waals surface area contributed by atoms with Crippen molar-refractivity contribution in [3.8, 4) is 11.4 Å². The molecule has 4 rings (SSSR count). The van der Waals surface area contributed by atoms with Gasteiger partial charge in [0.15, 0.2) is 11.3 Å². The first kappa shape index (κ1) is 17.4. The summed E-state index contributed by atoms with van der Waals surface area (Å²) in [6.07, 6.45) is -0.585. The number of aromatic nitrogens is 4. The third kappa shape index (κ3) is 3.36. The smallest absolute Gasteiger partial charge is 0.339 e. The molecular formula is C18H16F3N5O. The molecule has 0 aliphatic heterocycles. The lowest BCUT2D eigenvalue weighted by molar-refractivity contribution is -0.158. The van der Waals surface area contributed by atoms with E-state index in [1.165, 1.54) is 6.33 Å². The van der Waals surface area contributed by atoms with Crippen LogP contribution in [0.1, 0.15) is 29.0 Å². The molecule has 0 aromatic carbocycles. The zero-order valence-corrected chi connectivity index (χ0v) is 14.4. The number of rotatable bonds is 4. The predicted octanol–water partition coefficient (Wildman–Crippen LogP) is 3.17. The van der Waals surface area contributed by atoms with E-state index in [2.05, 4.69) is 20.3 Å². The van der Waals surface area contributed by atoms with Crippen LogP contribution in [0.15, 0.2) is 36.8 Å². The average molecular weight is 375 g/mol. The fourth-order valence-electron chi connectivity index (χ4n) is 3.03. The third-order valence-electron chi connectivity index (χ3n) is 4.57. The predicted molar refractivity (Wildman–Crippen MR) is 91.0 cm³/mol. The van der Waals surface area contributed by atoms with Crippen LogP contribution in [-0.4, -0.2) is 37.5 Å². The quantitative estimate of drug-likeness (QED) is 0.760. The first-order chi connectivity index (χ1) is 12.8. The van der Waals surface area contributed by atoms with Gasteiger partial charge in [-0.25, -0.2) is 9.97 Å². The Labute approximate surface area is 152 Å². The Hall–Kier alpha value is -2.97. The lowest BCUT2D eigenvalue weighted by atomic mass is 10.1. The van der Waals surface area contributed by atoms with E-state index in [1.54, 1.807) is 41.8 Å².